The summed E-state index contributed by atoms with van der Waals surface area (Å²) in [4.78, 5) is 23.1. The van der Waals surface area contributed by atoms with E-state index in [0.717, 1.165) is 19.4 Å². The van der Waals surface area contributed by atoms with Gasteiger partial charge in [-0.15, -0.1) is 0 Å². The summed E-state index contributed by atoms with van der Waals surface area (Å²) in [6.45, 7) is 4.60. The molecule has 2 aromatic heterocycles. The number of nitrogen functional groups attached to an aromatic ring is 1. The molecule has 0 aliphatic rings. The third kappa shape index (κ3) is 2.42. The third-order valence-electron chi connectivity index (χ3n) is 2.65. The number of hydrogen-bond acceptors (Lipinski definition) is 5. The monoisotopic (exact) mass is 247 g/mol. The van der Waals surface area contributed by atoms with Crippen molar-refractivity contribution in [2.75, 3.05) is 17.6 Å². The Morgan fingerprint density at radius 2 is 2.22 bits per heavy atom. The van der Waals surface area contributed by atoms with E-state index >= 15 is 0 Å². The first-order valence-electron chi connectivity index (χ1n) is 6.03. The number of aromatic nitrogens is 3. The van der Waals surface area contributed by atoms with Crippen LogP contribution in [0.5, 0.6) is 0 Å². The van der Waals surface area contributed by atoms with Crippen LogP contribution in [-0.4, -0.2) is 21.5 Å². The van der Waals surface area contributed by atoms with Crippen molar-refractivity contribution in [3.63, 3.8) is 0 Å². The summed E-state index contributed by atoms with van der Waals surface area (Å²) < 4.78 is 0. The fourth-order valence-electron chi connectivity index (χ4n) is 1.81. The van der Waals surface area contributed by atoms with E-state index in [1.807, 2.05) is 0 Å². The second kappa shape index (κ2) is 5.03. The van der Waals surface area contributed by atoms with Crippen LogP contribution in [0.3, 0.4) is 0 Å². The number of hydrogen-bond donors (Lipinski definition) is 3. The van der Waals surface area contributed by atoms with Crippen molar-refractivity contribution in [1.29, 1.82) is 0 Å². The number of fused-ring (bicyclic) bond motifs is 1. The van der Waals surface area contributed by atoms with E-state index in [2.05, 4.69) is 27.2 Å². The molecule has 0 aliphatic carbocycles. The molecule has 4 N–H and O–H groups in total. The first-order valence-corrected chi connectivity index (χ1v) is 6.03. The molecule has 0 amide bonds. The molecule has 0 aliphatic heterocycles. The number of aryl methyl sites for hydroxylation is 1. The quantitative estimate of drug-likeness (QED) is 0.710. The second-order valence-corrected chi connectivity index (χ2v) is 4.22. The maximum Gasteiger partial charge on any atom is 0.262 e. The van der Waals surface area contributed by atoms with Crippen LogP contribution >= 0.6 is 0 Å². The molecule has 0 atom stereocenters. The zero-order valence-corrected chi connectivity index (χ0v) is 10.6. The summed E-state index contributed by atoms with van der Waals surface area (Å²) in [5, 5.41) is 3.60. The van der Waals surface area contributed by atoms with Crippen LogP contribution < -0.4 is 16.6 Å². The van der Waals surface area contributed by atoms with E-state index in [-0.39, 0.29) is 5.56 Å². The number of aromatic amines is 1. The summed E-state index contributed by atoms with van der Waals surface area (Å²) in [6, 6.07) is 1.61. The van der Waals surface area contributed by atoms with Gasteiger partial charge in [0.05, 0.1) is 5.52 Å². The number of H-pyrrole nitrogens is 1. The lowest BCUT2D eigenvalue weighted by molar-refractivity contribution is 0.832. The van der Waals surface area contributed by atoms with Gasteiger partial charge in [0.1, 0.15) is 22.8 Å². The normalized spacial score (nSPS) is 10.8. The Balaban J connectivity index is 2.54. The Labute approximate surface area is 105 Å². The molecule has 0 spiro atoms. The average Bonchev–Trinajstić information content (AvgIpc) is 2.27. The molecule has 2 heterocycles. The zero-order chi connectivity index (χ0) is 13.1. The second-order valence-electron chi connectivity index (χ2n) is 4.22. The summed E-state index contributed by atoms with van der Waals surface area (Å²) >= 11 is 0. The highest BCUT2D eigenvalue weighted by molar-refractivity contribution is 5.90. The minimum Gasteiger partial charge on any atom is -0.384 e. The zero-order valence-electron chi connectivity index (χ0n) is 10.6. The molecular weight excluding hydrogens is 230 g/mol. The highest BCUT2D eigenvalue weighted by Gasteiger charge is 2.10. The summed E-state index contributed by atoms with van der Waals surface area (Å²) in [6.07, 6.45) is 2.08. The number of rotatable bonds is 4. The Morgan fingerprint density at radius 1 is 1.44 bits per heavy atom. The van der Waals surface area contributed by atoms with Crippen molar-refractivity contribution in [3.8, 4) is 0 Å². The molecule has 6 heteroatoms. The predicted octanol–water partition coefficient (Wildman–Crippen LogP) is 1.42. The molecule has 6 nitrogen and oxygen atoms in total. The van der Waals surface area contributed by atoms with E-state index in [1.165, 1.54) is 0 Å². The Morgan fingerprint density at radius 3 is 2.94 bits per heavy atom. The minimum absolute atomic E-state index is 0.191. The van der Waals surface area contributed by atoms with Gasteiger partial charge in [-0.1, -0.05) is 13.3 Å². The van der Waals surface area contributed by atoms with Gasteiger partial charge in [-0.05, 0) is 13.3 Å². The smallest absolute Gasteiger partial charge is 0.262 e. The van der Waals surface area contributed by atoms with E-state index in [1.54, 1.807) is 13.0 Å². The number of nitrogens with zero attached hydrogens (tertiary/aromatic N) is 2. The first-order chi connectivity index (χ1) is 8.61. The van der Waals surface area contributed by atoms with Gasteiger partial charge >= 0.3 is 0 Å². The Hall–Kier alpha value is -2.11. The van der Waals surface area contributed by atoms with Gasteiger partial charge in [-0.3, -0.25) is 4.79 Å². The van der Waals surface area contributed by atoms with Gasteiger partial charge in [0.15, 0.2) is 0 Å². The van der Waals surface area contributed by atoms with Crippen LogP contribution in [-0.2, 0) is 0 Å². The molecule has 18 heavy (non-hydrogen) atoms. The maximum absolute atomic E-state index is 11.9. The van der Waals surface area contributed by atoms with E-state index in [4.69, 9.17) is 5.73 Å². The van der Waals surface area contributed by atoms with Crippen LogP contribution in [0.25, 0.3) is 10.9 Å². The summed E-state index contributed by atoms with van der Waals surface area (Å²) in [5.41, 5.74) is 6.11. The largest absolute Gasteiger partial charge is 0.384 e. The van der Waals surface area contributed by atoms with Crippen LogP contribution in [0, 0.1) is 6.92 Å². The number of pyridine rings is 1. The fraction of sp³-hybridized carbons (Fsp3) is 0.417. The van der Waals surface area contributed by atoms with E-state index in [0.29, 0.717) is 28.4 Å². The molecule has 0 saturated heterocycles. The topological polar surface area (TPSA) is 96.7 Å². The predicted molar refractivity (Wildman–Crippen MR) is 72.7 cm³/mol. The fourth-order valence-corrected chi connectivity index (χ4v) is 1.81. The lowest BCUT2D eigenvalue weighted by Crippen LogP contribution is -2.15. The van der Waals surface area contributed by atoms with Crippen molar-refractivity contribution >= 4 is 22.5 Å². The Kier molecular flexibility index (Phi) is 3.45. The van der Waals surface area contributed by atoms with Crippen LogP contribution in [0.4, 0.5) is 11.6 Å². The van der Waals surface area contributed by atoms with Gasteiger partial charge < -0.3 is 16.0 Å². The first kappa shape index (κ1) is 12.3. The Bertz CT molecular complexity index is 614. The number of anilines is 2. The van der Waals surface area contributed by atoms with Crippen molar-refractivity contribution in [2.45, 2.75) is 26.7 Å². The molecule has 96 valence electrons. The molecule has 2 aromatic rings. The van der Waals surface area contributed by atoms with Gasteiger partial charge in [-0.25, -0.2) is 9.97 Å². The van der Waals surface area contributed by atoms with Gasteiger partial charge in [-0.2, -0.15) is 0 Å². The summed E-state index contributed by atoms with van der Waals surface area (Å²) in [5.74, 6) is 1.43. The lowest BCUT2D eigenvalue weighted by Gasteiger charge is -2.08. The van der Waals surface area contributed by atoms with Crippen molar-refractivity contribution in [3.05, 3.63) is 22.2 Å². The molecule has 0 radical (unpaired) electrons. The molecule has 0 bridgehead atoms. The molecule has 2 rings (SSSR count). The lowest BCUT2D eigenvalue weighted by atomic mass is 10.2. The highest BCUT2D eigenvalue weighted by atomic mass is 16.1. The van der Waals surface area contributed by atoms with Gasteiger partial charge in [0.25, 0.3) is 5.56 Å². The van der Waals surface area contributed by atoms with Gasteiger partial charge in [0.2, 0.25) is 0 Å². The van der Waals surface area contributed by atoms with Crippen molar-refractivity contribution < 1.29 is 0 Å². The molecule has 0 fully saturated rings. The van der Waals surface area contributed by atoms with E-state index in [9.17, 15) is 4.79 Å². The molecule has 0 aromatic carbocycles. The number of nitrogens with one attached hydrogen (secondary N) is 2. The number of nitrogens with two attached hydrogens (primary N) is 1. The molecule has 0 saturated carbocycles. The van der Waals surface area contributed by atoms with Crippen LogP contribution in [0.15, 0.2) is 10.9 Å². The standard InChI is InChI=1S/C12H17N5O/c1-3-4-5-14-11-10-8(6-9(13)17-11)15-7(2)16-12(10)18/h6H,3-5H2,1-2H3,(H3,13,14,17)(H,15,16,18). The van der Waals surface area contributed by atoms with Gasteiger partial charge in [0, 0.05) is 12.6 Å². The van der Waals surface area contributed by atoms with Crippen molar-refractivity contribution in [2.24, 2.45) is 0 Å². The maximum atomic E-state index is 11.9. The number of unbranched alkanes of at least 4 members (excludes halogenated alkanes) is 1. The van der Waals surface area contributed by atoms with Crippen molar-refractivity contribution in [1.82, 2.24) is 15.0 Å². The highest BCUT2D eigenvalue weighted by Crippen LogP contribution is 2.18. The summed E-state index contributed by atoms with van der Waals surface area (Å²) in [7, 11) is 0. The molecular formula is C12H17N5O. The SMILES string of the molecule is CCCCNc1nc(N)cc2nc(C)[nH]c(=O)c12. The van der Waals surface area contributed by atoms with E-state index < -0.39 is 0 Å². The van der Waals surface area contributed by atoms with Crippen LogP contribution in [0.1, 0.15) is 25.6 Å². The average molecular weight is 247 g/mol. The van der Waals surface area contributed by atoms with Crippen LogP contribution in [0.2, 0.25) is 0 Å². The minimum atomic E-state index is -0.191. The molecule has 0 unspecified atom stereocenters. The third-order valence-corrected chi connectivity index (χ3v) is 2.65.